The first kappa shape index (κ1) is 25.3. The maximum absolute atomic E-state index is 15.0. The summed E-state index contributed by atoms with van der Waals surface area (Å²) in [6.07, 6.45) is -0.00113. The monoisotopic (exact) mass is 530 g/mol. The van der Waals surface area contributed by atoms with E-state index in [4.69, 9.17) is 0 Å². The number of H-pyrrole nitrogens is 1. The van der Waals surface area contributed by atoms with E-state index in [1.165, 1.54) is 35.1 Å². The molecule has 4 aromatic rings. The number of nitrogens with one attached hydrogen (secondary N) is 2. The molecular formula is C24H22F4N8O2. The van der Waals surface area contributed by atoms with Crippen LogP contribution in [-0.4, -0.2) is 61.7 Å². The van der Waals surface area contributed by atoms with Crippen LogP contribution in [0.5, 0.6) is 0 Å². The Morgan fingerprint density at radius 1 is 1.11 bits per heavy atom. The molecule has 4 heterocycles. The Kier molecular flexibility index (Phi) is 6.80. The van der Waals surface area contributed by atoms with Gasteiger partial charge in [-0.25, -0.2) is 23.1 Å². The maximum atomic E-state index is 15.0. The second-order valence-electron chi connectivity index (χ2n) is 8.81. The lowest BCUT2D eigenvalue weighted by Gasteiger charge is -2.36. The Labute approximate surface area is 212 Å². The lowest BCUT2D eigenvalue weighted by molar-refractivity contribution is 0.102. The third-order valence-corrected chi connectivity index (χ3v) is 6.25. The molecule has 1 aliphatic heterocycles. The molecule has 0 radical (unpaired) electrons. The van der Waals surface area contributed by atoms with E-state index in [-0.39, 0.29) is 34.5 Å². The minimum absolute atomic E-state index is 0.0634. The number of hydrogen-bond donors (Lipinski definition) is 2. The summed E-state index contributed by atoms with van der Waals surface area (Å²) < 4.78 is 57.2. The molecule has 1 amide bonds. The van der Waals surface area contributed by atoms with Gasteiger partial charge in [0.2, 0.25) is 5.95 Å². The zero-order chi connectivity index (χ0) is 27.0. The highest BCUT2D eigenvalue weighted by molar-refractivity contribution is 6.02. The fraction of sp³-hybridized carbons (Fsp3) is 0.292. The van der Waals surface area contributed by atoms with Crippen molar-refractivity contribution in [2.75, 3.05) is 36.4 Å². The van der Waals surface area contributed by atoms with E-state index in [0.29, 0.717) is 31.9 Å². The maximum Gasteiger partial charge on any atom is 0.285 e. The van der Waals surface area contributed by atoms with E-state index >= 15 is 4.39 Å². The Hall–Kier alpha value is -4.33. The lowest BCUT2D eigenvalue weighted by atomic mass is 10.1. The summed E-state index contributed by atoms with van der Waals surface area (Å²) in [4.78, 5) is 37.5. The summed E-state index contributed by atoms with van der Waals surface area (Å²) in [5, 5.41) is 6.55. The first-order chi connectivity index (χ1) is 18.2. The minimum Gasteiger partial charge on any atom is -0.365 e. The van der Waals surface area contributed by atoms with E-state index in [1.54, 1.807) is 18.1 Å². The van der Waals surface area contributed by atoms with Gasteiger partial charge in [-0.2, -0.15) is 9.49 Å². The van der Waals surface area contributed by atoms with E-state index in [9.17, 15) is 22.8 Å². The van der Waals surface area contributed by atoms with Gasteiger partial charge in [0.25, 0.3) is 17.9 Å². The van der Waals surface area contributed by atoms with Gasteiger partial charge < -0.3 is 15.2 Å². The van der Waals surface area contributed by atoms with Gasteiger partial charge in [0, 0.05) is 51.5 Å². The largest absolute Gasteiger partial charge is 0.365 e. The molecule has 0 bridgehead atoms. The number of amides is 1. The molecule has 5 rings (SSSR count). The van der Waals surface area contributed by atoms with Crippen molar-refractivity contribution < 1.29 is 22.4 Å². The molecule has 38 heavy (non-hydrogen) atoms. The number of aryl methyl sites for hydroxylation is 1. The third kappa shape index (κ3) is 5.07. The summed E-state index contributed by atoms with van der Waals surface area (Å²) >= 11 is 0. The molecule has 0 unspecified atom stereocenters. The number of hydrogen-bond acceptors (Lipinski definition) is 7. The number of carbonyl (C=O) groups excluding carboxylic acids is 1. The van der Waals surface area contributed by atoms with Crippen molar-refractivity contribution in [3.05, 3.63) is 75.7 Å². The number of fused-ring (bicyclic) bond motifs is 1. The summed E-state index contributed by atoms with van der Waals surface area (Å²) in [7, 11) is 1.70. The quantitative estimate of drug-likeness (QED) is 0.291. The number of pyridine rings is 1. The number of alkyl halides is 2. The number of piperazine rings is 1. The van der Waals surface area contributed by atoms with Gasteiger partial charge in [-0.3, -0.25) is 19.2 Å². The third-order valence-electron chi connectivity index (χ3n) is 6.25. The standard InChI is InChI=1S/C24H22F4N8O2/c1-34-12-14(10-29-34)30-23(37)16-4-5-17(22(28)32-16)36-8-6-35(7-9-36)11-13-2-3-15-19(18(13)25)33-24(38)20(31-15)21(26)27/h2-5,10,12,21H,6-9,11H2,1H3,(H,30,37)(H,33,38). The minimum atomic E-state index is -3.07. The molecule has 2 N–H and O–H groups in total. The molecular weight excluding hydrogens is 508 g/mol. The van der Waals surface area contributed by atoms with Crippen LogP contribution in [0, 0.1) is 11.8 Å². The SMILES string of the molecule is Cn1cc(NC(=O)c2ccc(N3CCN(Cc4ccc5nc(C(F)F)c(=O)[nH]c5c4F)CC3)c(F)n2)cn1. The fourth-order valence-corrected chi connectivity index (χ4v) is 4.31. The van der Waals surface area contributed by atoms with Crippen molar-refractivity contribution in [1.29, 1.82) is 0 Å². The van der Waals surface area contributed by atoms with Crippen molar-refractivity contribution in [3.8, 4) is 0 Å². The molecule has 0 saturated carbocycles. The normalized spacial score (nSPS) is 14.4. The first-order valence-electron chi connectivity index (χ1n) is 11.6. The molecule has 1 aromatic carbocycles. The second kappa shape index (κ2) is 10.2. The number of carbonyl (C=O) groups is 1. The zero-order valence-electron chi connectivity index (χ0n) is 20.1. The van der Waals surface area contributed by atoms with Crippen LogP contribution in [0.4, 0.5) is 28.9 Å². The highest BCUT2D eigenvalue weighted by Crippen LogP contribution is 2.24. The number of aromatic amines is 1. The average Bonchev–Trinajstić information content (AvgIpc) is 3.30. The number of nitrogens with zero attached hydrogens (tertiary/aromatic N) is 6. The summed E-state index contributed by atoms with van der Waals surface area (Å²) in [6, 6.07) is 5.77. The van der Waals surface area contributed by atoms with Crippen LogP contribution in [-0.2, 0) is 13.6 Å². The van der Waals surface area contributed by atoms with Crippen LogP contribution in [0.1, 0.15) is 28.2 Å². The van der Waals surface area contributed by atoms with E-state index < -0.39 is 35.4 Å². The predicted octanol–water partition coefficient (Wildman–Crippen LogP) is 2.84. The Balaban J connectivity index is 1.23. The molecule has 0 atom stereocenters. The van der Waals surface area contributed by atoms with Crippen LogP contribution in [0.3, 0.4) is 0 Å². The number of rotatable bonds is 6. The second-order valence-corrected chi connectivity index (χ2v) is 8.81. The van der Waals surface area contributed by atoms with Crippen LogP contribution >= 0.6 is 0 Å². The van der Waals surface area contributed by atoms with Crippen molar-refractivity contribution in [2.45, 2.75) is 13.0 Å². The van der Waals surface area contributed by atoms with E-state index in [0.717, 1.165) is 0 Å². The molecule has 14 heteroatoms. The first-order valence-corrected chi connectivity index (χ1v) is 11.6. The Morgan fingerprint density at radius 3 is 2.53 bits per heavy atom. The Morgan fingerprint density at radius 2 is 1.87 bits per heavy atom. The highest BCUT2D eigenvalue weighted by atomic mass is 19.3. The van der Waals surface area contributed by atoms with Crippen LogP contribution in [0.15, 0.2) is 41.5 Å². The molecule has 1 aliphatic rings. The van der Waals surface area contributed by atoms with Gasteiger partial charge in [-0.15, -0.1) is 0 Å². The van der Waals surface area contributed by atoms with Gasteiger partial charge in [-0.05, 0) is 18.2 Å². The predicted molar refractivity (Wildman–Crippen MR) is 130 cm³/mol. The number of anilines is 2. The molecule has 3 aromatic heterocycles. The van der Waals surface area contributed by atoms with E-state index in [1.807, 2.05) is 4.90 Å². The van der Waals surface area contributed by atoms with Crippen LogP contribution < -0.4 is 15.8 Å². The van der Waals surface area contributed by atoms with Gasteiger partial charge in [0.05, 0.1) is 23.1 Å². The van der Waals surface area contributed by atoms with Crippen LogP contribution in [0.25, 0.3) is 11.0 Å². The molecule has 198 valence electrons. The smallest absolute Gasteiger partial charge is 0.285 e. The molecule has 0 spiro atoms. The van der Waals surface area contributed by atoms with E-state index in [2.05, 4.69) is 25.4 Å². The topological polar surface area (TPSA) is 112 Å². The van der Waals surface area contributed by atoms with Gasteiger partial charge in [0.1, 0.15) is 11.2 Å². The van der Waals surface area contributed by atoms with Crippen molar-refractivity contribution in [2.24, 2.45) is 7.05 Å². The highest BCUT2D eigenvalue weighted by Gasteiger charge is 2.23. The lowest BCUT2D eigenvalue weighted by Crippen LogP contribution is -2.46. The van der Waals surface area contributed by atoms with Crippen LogP contribution in [0.2, 0.25) is 0 Å². The Bertz CT molecular complexity index is 1560. The number of halogens is 4. The summed E-state index contributed by atoms with van der Waals surface area (Å²) in [5.41, 5.74) is -1.47. The van der Waals surface area contributed by atoms with Crippen molar-refractivity contribution in [3.63, 3.8) is 0 Å². The van der Waals surface area contributed by atoms with Crippen molar-refractivity contribution in [1.82, 2.24) is 29.6 Å². The number of benzene rings is 1. The molecule has 0 aliphatic carbocycles. The average molecular weight is 530 g/mol. The fourth-order valence-electron chi connectivity index (χ4n) is 4.31. The molecule has 1 saturated heterocycles. The van der Waals surface area contributed by atoms with Crippen molar-refractivity contribution >= 4 is 28.3 Å². The van der Waals surface area contributed by atoms with Gasteiger partial charge in [0.15, 0.2) is 11.5 Å². The summed E-state index contributed by atoms with van der Waals surface area (Å²) in [6.45, 7) is 1.98. The zero-order valence-corrected chi connectivity index (χ0v) is 20.1. The summed E-state index contributed by atoms with van der Waals surface area (Å²) in [5.74, 6) is -2.07. The van der Waals surface area contributed by atoms with Gasteiger partial charge >= 0.3 is 0 Å². The number of aromatic nitrogens is 5. The molecule has 10 nitrogen and oxygen atoms in total. The molecule has 1 fully saturated rings. The van der Waals surface area contributed by atoms with Gasteiger partial charge in [-0.1, -0.05) is 6.07 Å².